The van der Waals surface area contributed by atoms with Gasteiger partial charge in [-0.2, -0.15) is 5.10 Å². The van der Waals surface area contributed by atoms with E-state index in [4.69, 9.17) is 0 Å². The Morgan fingerprint density at radius 1 is 1.43 bits per heavy atom. The molecule has 1 aromatic heterocycles. The molecule has 2 aromatic rings. The Balaban J connectivity index is 1.66. The smallest absolute Gasteiger partial charge is 0.224 e. The number of aromatic nitrogens is 3. The van der Waals surface area contributed by atoms with Gasteiger partial charge in [0.05, 0.1) is 12.6 Å². The molecule has 0 fully saturated rings. The van der Waals surface area contributed by atoms with E-state index in [2.05, 4.69) is 15.4 Å². The molecule has 1 aliphatic heterocycles. The molecule has 0 spiro atoms. The number of carbonyl (C=O) groups is 1. The number of hydrogen-bond donors (Lipinski definition) is 2. The van der Waals surface area contributed by atoms with Crippen LogP contribution in [-0.4, -0.2) is 32.4 Å². The SMILES string of the molecule is O=C(NC(CO)c1ccccc1)C1CCn2ncnc2C1. The molecule has 1 aliphatic rings. The van der Waals surface area contributed by atoms with Crippen LogP contribution >= 0.6 is 0 Å². The van der Waals surface area contributed by atoms with Crippen LogP contribution in [0.1, 0.15) is 23.9 Å². The van der Waals surface area contributed by atoms with Crippen molar-refractivity contribution in [1.29, 1.82) is 0 Å². The molecular formula is C15H18N4O2. The fourth-order valence-electron chi connectivity index (χ4n) is 2.67. The van der Waals surface area contributed by atoms with E-state index in [1.54, 1.807) is 0 Å². The van der Waals surface area contributed by atoms with Crippen molar-refractivity contribution >= 4 is 5.91 Å². The van der Waals surface area contributed by atoms with Gasteiger partial charge < -0.3 is 10.4 Å². The maximum Gasteiger partial charge on any atom is 0.224 e. The monoisotopic (exact) mass is 286 g/mol. The molecule has 0 saturated heterocycles. The Bertz CT molecular complexity index is 611. The van der Waals surface area contributed by atoms with Crippen LogP contribution < -0.4 is 5.32 Å². The number of nitrogens with one attached hydrogen (secondary N) is 1. The van der Waals surface area contributed by atoms with Crippen molar-refractivity contribution in [1.82, 2.24) is 20.1 Å². The zero-order chi connectivity index (χ0) is 14.7. The van der Waals surface area contributed by atoms with Crippen LogP contribution in [0, 0.1) is 5.92 Å². The Labute approximate surface area is 122 Å². The summed E-state index contributed by atoms with van der Waals surface area (Å²) in [6.07, 6.45) is 2.87. The molecule has 2 unspecified atom stereocenters. The Hall–Kier alpha value is -2.21. The van der Waals surface area contributed by atoms with Crippen LogP contribution in [0.15, 0.2) is 36.7 Å². The predicted molar refractivity (Wildman–Crippen MR) is 76.2 cm³/mol. The van der Waals surface area contributed by atoms with E-state index >= 15 is 0 Å². The van der Waals surface area contributed by atoms with Gasteiger partial charge in [0.25, 0.3) is 0 Å². The molecule has 0 radical (unpaired) electrons. The maximum atomic E-state index is 12.4. The molecule has 110 valence electrons. The molecule has 2 heterocycles. The highest BCUT2D eigenvalue weighted by molar-refractivity contribution is 5.79. The molecule has 6 heteroatoms. The minimum Gasteiger partial charge on any atom is -0.394 e. The first kappa shape index (κ1) is 13.8. The molecule has 21 heavy (non-hydrogen) atoms. The van der Waals surface area contributed by atoms with Crippen LogP contribution in [-0.2, 0) is 17.8 Å². The summed E-state index contributed by atoms with van der Waals surface area (Å²) in [5.41, 5.74) is 0.910. The van der Waals surface area contributed by atoms with E-state index in [1.807, 2.05) is 35.0 Å². The highest BCUT2D eigenvalue weighted by atomic mass is 16.3. The van der Waals surface area contributed by atoms with E-state index in [0.29, 0.717) is 13.0 Å². The summed E-state index contributed by atoms with van der Waals surface area (Å²) in [4.78, 5) is 16.6. The van der Waals surface area contributed by atoms with E-state index in [-0.39, 0.29) is 24.5 Å². The van der Waals surface area contributed by atoms with Crippen LogP contribution in [0.4, 0.5) is 0 Å². The molecule has 6 nitrogen and oxygen atoms in total. The Morgan fingerprint density at radius 2 is 2.24 bits per heavy atom. The number of hydrogen-bond acceptors (Lipinski definition) is 4. The molecule has 0 bridgehead atoms. The highest BCUT2D eigenvalue weighted by Gasteiger charge is 2.27. The molecule has 2 N–H and O–H groups in total. The van der Waals surface area contributed by atoms with Crippen LogP contribution in [0.3, 0.4) is 0 Å². The van der Waals surface area contributed by atoms with Crippen molar-refractivity contribution in [3.8, 4) is 0 Å². The fraction of sp³-hybridized carbons (Fsp3) is 0.400. The van der Waals surface area contributed by atoms with Gasteiger partial charge in [0.15, 0.2) is 0 Å². The van der Waals surface area contributed by atoms with E-state index in [1.165, 1.54) is 6.33 Å². The molecular weight excluding hydrogens is 268 g/mol. The third-order valence-corrected chi connectivity index (χ3v) is 3.89. The van der Waals surface area contributed by atoms with Gasteiger partial charge in [-0.15, -0.1) is 0 Å². The fourth-order valence-corrected chi connectivity index (χ4v) is 2.67. The summed E-state index contributed by atoms with van der Waals surface area (Å²) < 4.78 is 1.84. The number of aliphatic hydroxyl groups excluding tert-OH is 1. The number of carbonyl (C=O) groups excluding carboxylic acids is 1. The Morgan fingerprint density at radius 3 is 3.00 bits per heavy atom. The lowest BCUT2D eigenvalue weighted by Crippen LogP contribution is -2.38. The second kappa shape index (κ2) is 6.05. The van der Waals surface area contributed by atoms with Crippen molar-refractivity contribution in [3.05, 3.63) is 48.0 Å². The van der Waals surface area contributed by atoms with Crippen LogP contribution in [0.2, 0.25) is 0 Å². The molecule has 1 amide bonds. The van der Waals surface area contributed by atoms with E-state index < -0.39 is 0 Å². The normalized spacial score (nSPS) is 18.8. The average molecular weight is 286 g/mol. The van der Waals surface area contributed by atoms with Gasteiger partial charge in [-0.05, 0) is 12.0 Å². The van der Waals surface area contributed by atoms with Gasteiger partial charge >= 0.3 is 0 Å². The summed E-state index contributed by atoms with van der Waals surface area (Å²) in [7, 11) is 0. The van der Waals surface area contributed by atoms with Gasteiger partial charge in [0.1, 0.15) is 12.2 Å². The molecule has 0 saturated carbocycles. The summed E-state index contributed by atoms with van der Waals surface area (Å²) in [5.74, 6) is 0.702. The Kier molecular flexibility index (Phi) is 3.96. The van der Waals surface area contributed by atoms with Gasteiger partial charge in [0.2, 0.25) is 5.91 Å². The minimum atomic E-state index is -0.363. The lowest BCUT2D eigenvalue weighted by Gasteiger charge is -2.24. The van der Waals surface area contributed by atoms with Crippen molar-refractivity contribution < 1.29 is 9.90 Å². The second-order valence-corrected chi connectivity index (χ2v) is 5.24. The maximum absolute atomic E-state index is 12.4. The largest absolute Gasteiger partial charge is 0.394 e. The van der Waals surface area contributed by atoms with Crippen LogP contribution in [0.5, 0.6) is 0 Å². The number of amides is 1. The van der Waals surface area contributed by atoms with Crippen molar-refractivity contribution in [2.45, 2.75) is 25.4 Å². The topological polar surface area (TPSA) is 80.0 Å². The minimum absolute atomic E-state index is 0.0350. The molecule has 2 atom stereocenters. The first-order valence-electron chi connectivity index (χ1n) is 7.11. The van der Waals surface area contributed by atoms with Crippen molar-refractivity contribution in [2.75, 3.05) is 6.61 Å². The summed E-state index contributed by atoms with van der Waals surface area (Å²) >= 11 is 0. The summed E-state index contributed by atoms with van der Waals surface area (Å²) in [6, 6.07) is 9.14. The molecule has 1 aromatic carbocycles. The third-order valence-electron chi connectivity index (χ3n) is 3.89. The first-order valence-corrected chi connectivity index (χ1v) is 7.11. The number of rotatable bonds is 4. The number of nitrogens with zero attached hydrogens (tertiary/aromatic N) is 3. The van der Waals surface area contributed by atoms with Crippen molar-refractivity contribution in [2.24, 2.45) is 5.92 Å². The number of fused-ring (bicyclic) bond motifs is 1. The average Bonchev–Trinajstić information content (AvgIpc) is 3.00. The van der Waals surface area contributed by atoms with E-state index in [9.17, 15) is 9.90 Å². The van der Waals surface area contributed by atoms with Crippen molar-refractivity contribution in [3.63, 3.8) is 0 Å². The van der Waals surface area contributed by atoms with Crippen LogP contribution in [0.25, 0.3) is 0 Å². The summed E-state index contributed by atoms with van der Waals surface area (Å²) in [6.45, 7) is 0.598. The second-order valence-electron chi connectivity index (χ2n) is 5.24. The molecule has 3 rings (SSSR count). The third kappa shape index (κ3) is 2.95. The highest BCUT2D eigenvalue weighted by Crippen LogP contribution is 2.20. The zero-order valence-electron chi connectivity index (χ0n) is 11.6. The van der Waals surface area contributed by atoms with Gasteiger partial charge in [-0.1, -0.05) is 30.3 Å². The standard InChI is InChI=1S/C15H18N4O2/c20-9-13(11-4-2-1-3-5-11)18-15(21)12-6-7-19-14(8-12)16-10-17-19/h1-5,10,12-13,20H,6-9H2,(H,18,21). The van der Waals surface area contributed by atoms with Gasteiger partial charge in [0, 0.05) is 18.9 Å². The first-order chi connectivity index (χ1) is 10.3. The van der Waals surface area contributed by atoms with Gasteiger partial charge in [-0.3, -0.25) is 9.48 Å². The zero-order valence-corrected chi connectivity index (χ0v) is 11.6. The molecule has 0 aliphatic carbocycles. The summed E-state index contributed by atoms with van der Waals surface area (Å²) in [5, 5.41) is 16.5. The van der Waals surface area contributed by atoms with Gasteiger partial charge in [-0.25, -0.2) is 4.98 Å². The number of benzene rings is 1. The van der Waals surface area contributed by atoms with E-state index in [0.717, 1.165) is 17.8 Å². The quantitative estimate of drug-likeness (QED) is 0.866. The lowest BCUT2D eigenvalue weighted by molar-refractivity contribution is -0.126. The lowest BCUT2D eigenvalue weighted by atomic mass is 9.96. The number of aryl methyl sites for hydroxylation is 1. The number of aliphatic hydroxyl groups is 1. The predicted octanol–water partition coefficient (Wildman–Crippen LogP) is 0.690.